The molecule has 30 heavy (non-hydrogen) atoms. The molecule has 0 spiro atoms. The molecule has 0 aliphatic carbocycles. The molecule has 0 unspecified atom stereocenters. The average molecular weight is 404 g/mol. The molecule has 0 bridgehead atoms. The van der Waals surface area contributed by atoms with Crippen LogP contribution in [0.4, 0.5) is 5.69 Å². The monoisotopic (exact) mass is 403 g/mol. The summed E-state index contributed by atoms with van der Waals surface area (Å²) in [6.07, 6.45) is 0.806. The standard InChI is InChI=1S/C25H29N3O2/c1-4-22(20-14-12-18(2)13-15-20)26-24(29)16-28(3)17-25(30)27-23-11-7-9-19-8-5-6-10-21(19)23/h5-15,22H,4,16-17H2,1-3H3,(H,26,29)(H,27,30)/t22-/m0/s1. The van der Waals surface area contributed by atoms with Crippen molar-refractivity contribution in [1.82, 2.24) is 10.2 Å². The second kappa shape index (κ2) is 10.0. The zero-order chi connectivity index (χ0) is 21.5. The molecular formula is C25H29N3O2. The van der Waals surface area contributed by atoms with E-state index in [4.69, 9.17) is 0 Å². The Labute approximate surface area is 178 Å². The zero-order valence-corrected chi connectivity index (χ0v) is 17.8. The van der Waals surface area contributed by atoms with E-state index in [9.17, 15) is 9.59 Å². The predicted molar refractivity (Wildman–Crippen MR) is 122 cm³/mol. The quantitative estimate of drug-likeness (QED) is 0.590. The fourth-order valence-electron chi connectivity index (χ4n) is 3.53. The van der Waals surface area contributed by atoms with Gasteiger partial charge in [0.25, 0.3) is 0 Å². The molecule has 5 heteroatoms. The summed E-state index contributed by atoms with van der Waals surface area (Å²) >= 11 is 0. The molecule has 3 aromatic carbocycles. The summed E-state index contributed by atoms with van der Waals surface area (Å²) in [4.78, 5) is 26.7. The number of amides is 2. The van der Waals surface area contributed by atoms with Gasteiger partial charge in [-0.15, -0.1) is 0 Å². The third kappa shape index (κ3) is 5.67. The molecule has 5 nitrogen and oxygen atoms in total. The van der Waals surface area contributed by atoms with Gasteiger partial charge in [-0.3, -0.25) is 14.5 Å². The predicted octanol–water partition coefficient (Wildman–Crippen LogP) is 4.29. The molecule has 0 heterocycles. The molecule has 3 aromatic rings. The minimum atomic E-state index is -0.146. The van der Waals surface area contributed by atoms with Gasteiger partial charge in [0.05, 0.1) is 19.1 Å². The second-order valence-corrected chi connectivity index (χ2v) is 7.69. The lowest BCUT2D eigenvalue weighted by atomic mass is 10.0. The van der Waals surface area contributed by atoms with Gasteiger partial charge in [0, 0.05) is 11.1 Å². The van der Waals surface area contributed by atoms with Gasteiger partial charge in [0.15, 0.2) is 0 Å². The van der Waals surface area contributed by atoms with Crippen molar-refractivity contribution in [3.63, 3.8) is 0 Å². The number of benzene rings is 3. The summed E-state index contributed by atoms with van der Waals surface area (Å²) in [6, 6.07) is 21.9. The fraction of sp³-hybridized carbons (Fsp3) is 0.280. The van der Waals surface area contributed by atoms with Crippen molar-refractivity contribution < 1.29 is 9.59 Å². The van der Waals surface area contributed by atoms with E-state index in [2.05, 4.69) is 10.6 Å². The van der Waals surface area contributed by atoms with Gasteiger partial charge in [-0.1, -0.05) is 73.2 Å². The van der Waals surface area contributed by atoms with Crippen molar-refractivity contribution in [2.24, 2.45) is 0 Å². The van der Waals surface area contributed by atoms with Crippen molar-refractivity contribution >= 4 is 28.3 Å². The van der Waals surface area contributed by atoms with Crippen LogP contribution >= 0.6 is 0 Å². The van der Waals surface area contributed by atoms with E-state index in [-0.39, 0.29) is 30.9 Å². The first-order valence-corrected chi connectivity index (χ1v) is 10.3. The zero-order valence-electron chi connectivity index (χ0n) is 17.8. The Morgan fingerprint density at radius 3 is 2.30 bits per heavy atom. The number of nitrogens with zero attached hydrogens (tertiary/aromatic N) is 1. The normalized spacial score (nSPS) is 12.0. The summed E-state index contributed by atoms with van der Waals surface area (Å²) in [5.41, 5.74) is 3.06. The Hall–Kier alpha value is -3.18. The van der Waals surface area contributed by atoms with Crippen LogP contribution in [-0.2, 0) is 9.59 Å². The summed E-state index contributed by atoms with van der Waals surface area (Å²) in [6.45, 7) is 4.39. The van der Waals surface area contributed by atoms with E-state index < -0.39 is 0 Å². The highest BCUT2D eigenvalue weighted by Crippen LogP contribution is 2.22. The fourth-order valence-corrected chi connectivity index (χ4v) is 3.53. The lowest BCUT2D eigenvalue weighted by molar-refractivity contribution is -0.123. The van der Waals surface area contributed by atoms with Crippen molar-refractivity contribution in [2.75, 3.05) is 25.5 Å². The van der Waals surface area contributed by atoms with Gasteiger partial charge in [-0.2, -0.15) is 0 Å². The first-order valence-electron chi connectivity index (χ1n) is 10.3. The number of carbonyl (C=O) groups excluding carboxylic acids is 2. The third-order valence-corrected chi connectivity index (χ3v) is 5.11. The van der Waals surface area contributed by atoms with Crippen LogP contribution in [0.3, 0.4) is 0 Å². The number of carbonyl (C=O) groups is 2. The third-order valence-electron chi connectivity index (χ3n) is 5.11. The topological polar surface area (TPSA) is 61.4 Å². The van der Waals surface area contributed by atoms with Crippen LogP contribution in [-0.4, -0.2) is 36.9 Å². The van der Waals surface area contributed by atoms with Crippen LogP contribution in [0.15, 0.2) is 66.7 Å². The Kier molecular flexibility index (Phi) is 7.20. The Balaban J connectivity index is 1.53. The molecule has 156 valence electrons. The summed E-state index contributed by atoms with van der Waals surface area (Å²) in [5.74, 6) is -0.241. The average Bonchev–Trinajstić information content (AvgIpc) is 2.73. The molecule has 0 aromatic heterocycles. The first-order chi connectivity index (χ1) is 14.5. The summed E-state index contributed by atoms with van der Waals surface area (Å²) in [7, 11) is 1.77. The summed E-state index contributed by atoms with van der Waals surface area (Å²) in [5, 5.41) is 8.10. The van der Waals surface area contributed by atoms with Crippen LogP contribution in [0.5, 0.6) is 0 Å². The van der Waals surface area contributed by atoms with E-state index in [1.807, 2.05) is 80.6 Å². The number of nitrogens with one attached hydrogen (secondary N) is 2. The molecule has 0 saturated heterocycles. The van der Waals surface area contributed by atoms with Crippen LogP contribution in [0.2, 0.25) is 0 Å². The van der Waals surface area contributed by atoms with Crippen LogP contribution < -0.4 is 10.6 Å². The van der Waals surface area contributed by atoms with E-state index in [0.29, 0.717) is 0 Å². The molecule has 0 fully saturated rings. The maximum absolute atomic E-state index is 12.5. The molecule has 0 saturated carbocycles. The Morgan fingerprint density at radius 2 is 1.57 bits per heavy atom. The maximum atomic E-state index is 12.5. The molecular weight excluding hydrogens is 374 g/mol. The Morgan fingerprint density at radius 1 is 0.900 bits per heavy atom. The van der Waals surface area contributed by atoms with Crippen molar-refractivity contribution in [1.29, 1.82) is 0 Å². The van der Waals surface area contributed by atoms with Gasteiger partial charge in [-0.25, -0.2) is 0 Å². The lowest BCUT2D eigenvalue weighted by Gasteiger charge is -2.21. The van der Waals surface area contributed by atoms with Crippen LogP contribution in [0.1, 0.15) is 30.5 Å². The summed E-state index contributed by atoms with van der Waals surface area (Å²) < 4.78 is 0. The van der Waals surface area contributed by atoms with E-state index in [1.54, 1.807) is 11.9 Å². The largest absolute Gasteiger partial charge is 0.348 e. The van der Waals surface area contributed by atoms with E-state index in [0.717, 1.165) is 28.4 Å². The number of aryl methyl sites for hydroxylation is 1. The second-order valence-electron chi connectivity index (χ2n) is 7.69. The first kappa shape index (κ1) is 21.5. The number of anilines is 1. The SMILES string of the molecule is CC[C@H](NC(=O)CN(C)CC(=O)Nc1cccc2ccccc12)c1ccc(C)cc1. The Bertz CT molecular complexity index is 1010. The van der Waals surface area contributed by atoms with Gasteiger partial charge in [0.1, 0.15) is 0 Å². The molecule has 0 aliphatic rings. The number of hydrogen-bond acceptors (Lipinski definition) is 3. The molecule has 2 amide bonds. The van der Waals surface area contributed by atoms with Gasteiger partial charge in [-0.05, 0) is 37.4 Å². The number of likely N-dealkylation sites (N-methyl/N-ethyl adjacent to an activating group) is 1. The highest BCUT2D eigenvalue weighted by molar-refractivity contribution is 6.02. The molecule has 2 N–H and O–H groups in total. The minimum absolute atomic E-state index is 0.0315. The van der Waals surface area contributed by atoms with Crippen LogP contribution in [0, 0.1) is 6.92 Å². The van der Waals surface area contributed by atoms with Gasteiger partial charge in [0.2, 0.25) is 11.8 Å². The lowest BCUT2D eigenvalue weighted by Crippen LogP contribution is -2.40. The van der Waals surface area contributed by atoms with Gasteiger partial charge >= 0.3 is 0 Å². The maximum Gasteiger partial charge on any atom is 0.238 e. The van der Waals surface area contributed by atoms with E-state index in [1.165, 1.54) is 5.56 Å². The number of rotatable bonds is 8. The molecule has 3 rings (SSSR count). The van der Waals surface area contributed by atoms with Crippen molar-refractivity contribution in [2.45, 2.75) is 26.3 Å². The van der Waals surface area contributed by atoms with Gasteiger partial charge < -0.3 is 10.6 Å². The minimum Gasteiger partial charge on any atom is -0.348 e. The highest BCUT2D eigenvalue weighted by atomic mass is 16.2. The molecule has 0 aliphatic heterocycles. The number of hydrogen-bond donors (Lipinski definition) is 2. The van der Waals surface area contributed by atoms with Crippen LogP contribution in [0.25, 0.3) is 10.8 Å². The highest BCUT2D eigenvalue weighted by Gasteiger charge is 2.16. The molecule has 0 radical (unpaired) electrons. The number of fused-ring (bicyclic) bond motifs is 1. The van der Waals surface area contributed by atoms with E-state index >= 15 is 0 Å². The van der Waals surface area contributed by atoms with Crippen molar-refractivity contribution in [3.05, 3.63) is 77.9 Å². The van der Waals surface area contributed by atoms with Crippen molar-refractivity contribution in [3.8, 4) is 0 Å². The smallest absolute Gasteiger partial charge is 0.238 e. The molecule has 1 atom stereocenters.